The molecule has 9 heteroatoms. The highest BCUT2D eigenvalue weighted by atomic mass is 32.2. The van der Waals surface area contributed by atoms with Crippen LogP contribution in [0.25, 0.3) is 0 Å². The third kappa shape index (κ3) is 5.54. The number of nitrogens with zero attached hydrogens (tertiary/aromatic N) is 2. The summed E-state index contributed by atoms with van der Waals surface area (Å²) in [5.41, 5.74) is 0. The molecular weight excluding hydrogens is 394 g/mol. The largest absolute Gasteiger partial charge is 0.490 e. The van der Waals surface area contributed by atoms with Gasteiger partial charge in [-0.15, -0.1) is 0 Å². The molecule has 0 bridgehead atoms. The topological polar surface area (TPSA) is 88.2 Å². The van der Waals surface area contributed by atoms with E-state index in [-0.39, 0.29) is 24.0 Å². The lowest BCUT2D eigenvalue weighted by molar-refractivity contribution is 0.172. The maximum atomic E-state index is 13.0. The van der Waals surface area contributed by atoms with Gasteiger partial charge in [-0.05, 0) is 30.9 Å². The van der Waals surface area contributed by atoms with Crippen LogP contribution in [-0.2, 0) is 10.0 Å². The van der Waals surface area contributed by atoms with Crippen molar-refractivity contribution in [1.29, 1.82) is 0 Å². The SMILES string of the molecule is CC(C)CCCNC(=O)N1CCN(S(=O)(=O)c2ccc3c(c2)OCCCO3)CC1. The summed E-state index contributed by atoms with van der Waals surface area (Å²) in [6.45, 7) is 7.32. The Morgan fingerprint density at radius 1 is 1.10 bits per heavy atom. The molecule has 2 aliphatic heterocycles. The Hall–Kier alpha value is -2.00. The molecule has 0 aliphatic carbocycles. The predicted molar refractivity (Wildman–Crippen MR) is 110 cm³/mol. The zero-order valence-electron chi connectivity index (χ0n) is 17.2. The number of hydrogen-bond acceptors (Lipinski definition) is 5. The first-order chi connectivity index (χ1) is 13.9. The fourth-order valence-corrected chi connectivity index (χ4v) is 4.84. The van der Waals surface area contributed by atoms with Crippen LogP contribution in [0.4, 0.5) is 4.79 Å². The van der Waals surface area contributed by atoms with Crippen LogP contribution in [0.2, 0.25) is 0 Å². The van der Waals surface area contributed by atoms with Crippen molar-refractivity contribution in [2.45, 2.75) is 38.0 Å². The van der Waals surface area contributed by atoms with Gasteiger partial charge in [0.2, 0.25) is 10.0 Å². The number of fused-ring (bicyclic) bond motifs is 1. The van der Waals surface area contributed by atoms with Crippen LogP contribution in [0.1, 0.15) is 33.1 Å². The van der Waals surface area contributed by atoms with Crippen molar-refractivity contribution >= 4 is 16.1 Å². The van der Waals surface area contributed by atoms with Crippen molar-refractivity contribution in [2.75, 3.05) is 45.9 Å². The molecule has 3 rings (SSSR count). The maximum absolute atomic E-state index is 13.0. The van der Waals surface area contributed by atoms with Crippen molar-refractivity contribution in [1.82, 2.24) is 14.5 Å². The standard InChI is InChI=1S/C20H31N3O5S/c1-16(2)5-3-8-21-20(24)22-9-11-23(12-10-22)29(25,26)17-6-7-18-19(15-17)28-14-4-13-27-18/h6-7,15-16H,3-5,8-14H2,1-2H3,(H,21,24). The van der Waals surface area contributed by atoms with Crippen LogP contribution in [0.15, 0.2) is 23.1 Å². The number of piperazine rings is 1. The van der Waals surface area contributed by atoms with E-state index in [1.807, 2.05) is 0 Å². The van der Waals surface area contributed by atoms with Gasteiger partial charge in [0.15, 0.2) is 11.5 Å². The van der Waals surface area contributed by atoms with Crippen LogP contribution in [0.3, 0.4) is 0 Å². The molecule has 2 amide bonds. The van der Waals surface area contributed by atoms with E-state index in [1.54, 1.807) is 17.0 Å². The van der Waals surface area contributed by atoms with Crippen molar-refractivity contribution in [3.63, 3.8) is 0 Å². The molecule has 0 unspecified atom stereocenters. The van der Waals surface area contributed by atoms with Crippen LogP contribution < -0.4 is 14.8 Å². The van der Waals surface area contributed by atoms with E-state index >= 15 is 0 Å². The Morgan fingerprint density at radius 2 is 1.79 bits per heavy atom. The Balaban J connectivity index is 1.56. The maximum Gasteiger partial charge on any atom is 0.317 e. The van der Waals surface area contributed by atoms with Gasteiger partial charge in [-0.3, -0.25) is 0 Å². The summed E-state index contributed by atoms with van der Waals surface area (Å²) in [5.74, 6) is 1.65. The van der Waals surface area contributed by atoms with Gasteiger partial charge in [-0.1, -0.05) is 13.8 Å². The van der Waals surface area contributed by atoms with E-state index in [4.69, 9.17) is 9.47 Å². The van der Waals surface area contributed by atoms with Crippen molar-refractivity contribution in [3.8, 4) is 11.5 Å². The number of urea groups is 1. The molecule has 0 saturated carbocycles. The molecule has 1 N–H and O–H groups in total. The molecule has 2 aliphatic rings. The third-order valence-corrected chi connectivity index (χ3v) is 7.01. The van der Waals surface area contributed by atoms with Crippen LogP contribution >= 0.6 is 0 Å². The molecular formula is C20H31N3O5S. The van der Waals surface area contributed by atoms with E-state index in [0.717, 1.165) is 19.3 Å². The lowest BCUT2D eigenvalue weighted by atomic mass is 10.1. The van der Waals surface area contributed by atoms with Gasteiger partial charge >= 0.3 is 6.03 Å². The highest BCUT2D eigenvalue weighted by molar-refractivity contribution is 7.89. The smallest absolute Gasteiger partial charge is 0.317 e. The lowest BCUT2D eigenvalue weighted by Gasteiger charge is -2.34. The molecule has 0 radical (unpaired) electrons. The summed E-state index contributed by atoms with van der Waals surface area (Å²) in [7, 11) is -3.65. The zero-order valence-corrected chi connectivity index (χ0v) is 18.0. The molecule has 1 aromatic rings. The fourth-order valence-electron chi connectivity index (χ4n) is 3.40. The quantitative estimate of drug-likeness (QED) is 0.707. The summed E-state index contributed by atoms with van der Waals surface area (Å²) in [6, 6.07) is 4.61. The van der Waals surface area contributed by atoms with Gasteiger partial charge in [0.05, 0.1) is 18.1 Å². The fraction of sp³-hybridized carbons (Fsp3) is 0.650. The van der Waals surface area contributed by atoms with E-state index < -0.39 is 10.0 Å². The molecule has 1 saturated heterocycles. The average molecular weight is 426 g/mol. The molecule has 162 valence electrons. The Labute approximate surface area is 173 Å². The number of ether oxygens (including phenoxy) is 2. The first-order valence-electron chi connectivity index (χ1n) is 10.3. The molecule has 0 atom stereocenters. The number of hydrogen-bond donors (Lipinski definition) is 1. The van der Waals surface area contributed by atoms with Gasteiger partial charge in [-0.25, -0.2) is 13.2 Å². The molecule has 8 nitrogen and oxygen atoms in total. The highest BCUT2D eigenvalue weighted by Gasteiger charge is 2.31. The van der Waals surface area contributed by atoms with Crippen LogP contribution in [0, 0.1) is 5.92 Å². The molecule has 1 aromatic carbocycles. The molecule has 0 aromatic heterocycles. The number of benzene rings is 1. The zero-order chi connectivity index (χ0) is 20.9. The lowest BCUT2D eigenvalue weighted by Crippen LogP contribution is -2.53. The van der Waals surface area contributed by atoms with Crippen LogP contribution in [0.5, 0.6) is 11.5 Å². The minimum absolute atomic E-state index is 0.124. The Morgan fingerprint density at radius 3 is 2.48 bits per heavy atom. The predicted octanol–water partition coefficient (Wildman–Crippen LogP) is 2.30. The second-order valence-electron chi connectivity index (χ2n) is 7.82. The summed E-state index contributed by atoms with van der Waals surface area (Å²) in [5, 5.41) is 2.92. The summed E-state index contributed by atoms with van der Waals surface area (Å²) < 4.78 is 38.6. The number of rotatable bonds is 6. The normalized spacial score (nSPS) is 17.8. The van der Waals surface area contributed by atoms with Gasteiger partial charge in [0.25, 0.3) is 0 Å². The van der Waals surface area contributed by atoms with E-state index in [2.05, 4.69) is 19.2 Å². The van der Waals surface area contributed by atoms with Gasteiger partial charge in [0, 0.05) is 45.2 Å². The van der Waals surface area contributed by atoms with Gasteiger partial charge in [-0.2, -0.15) is 4.31 Å². The monoisotopic (exact) mass is 425 g/mol. The number of carbonyl (C=O) groups is 1. The van der Waals surface area contributed by atoms with E-state index in [0.29, 0.717) is 50.3 Å². The average Bonchev–Trinajstić information content (AvgIpc) is 2.96. The molecule has 2 heterocycles. The summed E-state index contributed by atoms with van der Waals surface area (Å²) in [4.78, 5) is 14.1. The first kappa shape index (κ1) is 21.7. The molecule has 29 heavy (non-hydrogen) atoms. The van der Waals surface area contributed by atoms with E-state index in [1.165, 1.54) is 10.4 Å². The van der Waals surface area contributed by atoms with Crippen molar-refractivity contribution in [3.05, 3.63) is 18.2 Å². The molecule has 0 spiro atoms. The third-order valence-electron chi connectivity index (χ3n) is 5.12. The second-order valence-corrected chi connectivity index (χ2v) is 9.76. The molecule has 1 fully saturated rings. The second kappa shape index (κ2) is 9.67. The number of carbonyl (C=O) groups excluding carboxylic acids is 1. The minimum Gasteiger partial charge on any atom is -0.490 e. The number of amides is 2. The van der Waals surface area contributed by atoms with Crippen molar-refractivity contribution in [2.24, 2.45) is 5.92 Å². The van der Waals surface area contributed by atoms with Crippen LogP contribution in [-0.4, -0.2) is 69.6 Å². The van der Waals surface area contributed by atoms with Gasteiger partial charge in [0.1, 0.15) is 0 Å². The van der Waals surface area contributed by atoms with Crippen molar-refractivity contribution < 1.29 is 22.7 Å². The summed E-state index contributed by atoms with van der Waals surface area (Å²) >= 11 is 0. The first-order valence-corrected chi connectivity index (χ1v) is 11.7. The van der Waals surface area contributed by atoms with E-state index in [9.17, 15) is 13.2 Å². The highest BCUT2D eigenvalue weighted by Crippen LogP contribution is 2.33. The Kier molecular flexibility index (Phi) is 7.23. The summed E-state index contributed by atoms with van der Waals surface area (Å²) in [6.07, 6.45) is 2.78. The van der Waals surface area contributed by atoms with Gasteiger partial charge < -0.3 is 19.7 Å². The number of sulfonamides is 1. The minimum atomic E-state index is -3.65. The Bertz CT molecular complexity index is 804. The number of nitrogens with one attached hydrogen (secondary N) is 1.